The SMILES string of the molecule is CC(C)(C)n1ncc2c1CCN(C(=O)CCC(=O)c1ccccc1)C2. The summed E-state index contributed by atoms with van der Waals surface area (Å²) in [6, 6.07) is 9.15. The smallest absolute Gasteiger partial charge is 0.223 e. The summed E-state index contributed by atoms with van der Waals surface area (Å²) in [6.07, 6.45) is 3.20. The summed E-state index contributed by atoms with van der Waals surface area (Å²) in [4.78, 5) is 26.5. The molecule has 132 valence electrons. The Labute approximate surface area is 148 Å². The first kappa shape index (κ1) is 17.4. The van der Waals surface area contributed by atoms with E-state index in [1.165, 1.54) is 5.69 Å². The van der Waals surface area contributed by atoms with E-state index in [0.29, 0.717) is 18.7 Å². The number of benzene rings is 1. The summed E-state index contributed by atoms with van der Waals surface area (Å²) in [5.74, 6) is 0.0608. The summed E-state index contributed by atoms with van der Waals surface area (Å²) >= 11 is 0. The number of carbonyl (C=O) groups is 2. The highest BCUT2D eigenvalue weighted by Crippen LogP contribution is 2.24. The van der Waals surface area contributed by atoms with E-state index in [9.17, 15) is 9.59 Å². The van der Waals surface area contributed by atoms with Crippen LogP contribution in [0.4, 0.5) is 0 Å². The fourth-order valence-corrected chi connectivity index (χ4v) is 3.27. The Kier molecular flexibility index (Phi) is 4.75. The van der Waals surface area contributed by atoms with Gasteiger partial charge in [0.05, 0.1) is 11.7 Å². The maximum absolute atomic E-state index is 12.5. The Balaban J connectivity index is 1.60. The monoisotopic (exact) mass is 339 g/mol. The number of ketones is 1. The molecule has 5 nitrogen and oxygen atoms in total. The van der Waals surface area contributed by atoms with Crippen LogP contribution < -0.4 is 0 Å². The number of aromatic nitrogens is 2. The fourth-order valence-electron chi connectivity index (χ4n) is 3.27. The molecule has 1 aliphatic rings. The molecular weight excluding hydrogens is 314 g/mol. The van der Waals surface area contributed by atoms with Crippen LogP contribution in [0.15, 0.2) is 36.5 Å². The van der Waals surface area contributed by atoms with Crippen LogP contribution in [0.5, 0.6) is 0 Å². The van der Waals surface area contributed by atoms with Crippen molar-refractivity contribution in [2.24, 2.45) is 0 Å². The molecule has 3 rings (SSSR count). The van der Waals surface area contributed by atoms with Crippen molar-refractivity contribution in [2.45, 2.75) is 52.1 Å². The number of Topliss-reactive ketones (excluding diaryl/α,β-unsaturated/α-hetero) is 1. The van der Waals surface area contributed by atoms with Gasteiger partial charge in [0.25, 0.3) is 0 Å². The Morgan fingerprint density at radius 3 is 2.52 bits per heavy atom. The van der Waals surface area contributed by atoms with Crippen LogP contribution in [0.3, 0.4) is 0 Å². The third kappa shape index (κ3) is 3.81. The number of amides is 1. The molecule has 5 heteroatoms. The van der Waals surface area contributed by atoms with Gasteiger partial charge in [-0.2, -0.15) is 5.10 Å². The third-order valence-electron chi connectivity index (χ3n) is 4.58. The van der Waals surface area contributed by atoms with E-state index in [1.807, 2.05) is 29.3 Å². The number of rotatable bonds is 4. The lowest BCUT2D eigenvalue weighted by molar-refractivity contribution is -0.132. The van der Waals surface area contributed by atoms with Crippen molar-refractivity contribution >= 4 is 11.7 Å². The van der Waals surface area contributed by atoms with Crippen molar-refractivity contribution in [1.82, 2.24) is 14.7 Å². The van der Waals surface area contributed by atoms with Crippen LogP contribution >= 0.6 is 0 Å². The normalized spacial score (nSPS) is 14.3. The van der Waals surface area contributed by atoms with Gasteiger partial charge in [0.15, 0.2) is 5.78 Å². The minimum atomic E-state index is -0.0537. The van der Waals surface area contributed by atoms with Crippen LogP contribution in [0, 0.1) is 0 Å². The van der Waals surface area contributed by atoms with E-state index in [0.717, 1.165) is 12.0 Å². The van der Waals surface area contributed by atoms with E-state index in [2.05, 4.69) is 30.6 Å². The molecule has 0 fully saturated rings. The van der Waals surface area contributed by atoms with Crippen molar-refractivity contribution < 1.29 is 9.59 Å². The second kappa shape index (κ2) is 6.82. The van der Waals surface area contributed by atoms with Crippen LogP contribution in [0.1, 0.15) is 55.2 Å². The molecular formula is C20H25N3O2. The molecule has 0 bridgehead atoms. The number of fused-ring (bicyclic) bond motifs is 1. The van der Waals surface area contributed by atoms with Gasteiger partial charge in [-0.05, 0) is 20.8 Å². The molecule has 0 radical (unpaired) electrons. The van der Waals surface area contributed by atoms with E-state index in [-0.39, 0.29) is 30.1 Å². The van der Waals surface area contributed by atoms with Gasteiger partial charge in [-0.1, -0.05) is 30.3 Å². The summed E-state index contributed by atoms with van der Waals surface area (Å²) in [5.41, 5.74) is 2.95. The first-order valence-corrected chi connectivity index (χ1v) is 8.78. The molecule has 0 spiro atoms. The van der Waals surface area contributed by atoms with Crippen molar-refractivity contribution in [3.8, 4) is 0 Å². The molecule has 0 N–H and O–H groups in total. The van der Waals surface area contributed by atoms with E-state index in [4.69, 9.17) is 0 Å². The van der Waals surface area contributed by atoms with Gasteiger partial charge in [0.1, 0.15) is 0 Å². The second-order valence-electron chi connectivity index (χ2n) is 7.55. The predicted octanol–water partition coefficient (Wildman–Crippen LogP) is 3.19. The average Bonchev–Trinajstić information content (AvgIpc) is 3.03. The largest absolute Gasteiger partial charge is 0.338 e. The molecule has 0 saturated carbocycles. The molecule has 1 aromatic carbocycles. The highest BCUT2D eigenvalue weighted by molar-refractivity contribution is 5.97. The summed E-state index contributed by atoms with van der Waals surface area (Å²) in [7, 11) is 0. The van der Waals surface area contributed by atoms with Gasteiger partial charge in [0.2, 0.25) is 5.91 Å². The third-order valence-corrected chi connectivity index (χ3v) is 4.58. The topological polar surface area (TPSA) is 55.2 Å². The van der Waals surface area contributed by atoms with Crippen molar-refractivity contribution in [1.29, 1.82) is 0 Å². The first-order chi connectivity index (χ1) is 11.9. The molecule has 25 heavy (non-hydrogen) atoms. The van der Waals surface area contributed by atoms with Gasteiger partial charge in [0, 0.05) is 49.2 Å². The fraction of sp³-hybridized carbons (Fsp3) is 0.450. The molecule has 1 amide bonds. The van der Waals surface area contributed by atoms with Crippen molar-refractivity contribution in [3.05, 3.63) is 53.3 Å². The lowest BCUT2D eigenvalue weighted by Crippen LogP contribution is -2.37. The number of nitrogens with zero attached hydrogens (tertiary/aromatic N) is 3. The zero-order chi connectivity index (χ0) is 18.0. The maximum atomic E-state index is 12.5. The molecule has 0 aliphatic carbocycles. The van der Waals surface area contributed by atoms with Crippen LogP contribution in [0.25, 0.3) is 0 Å². The Bertz CT molecular complexity index is 772. The summed E-state index contributed by atoms with van der Waals surface area (Å²) in [5, 5.41) is 4.50. The standard InChI is InChI=1S/C20H25N3O2/c1-20(2,3)23-17-11-12-22(14-16(17)13-21-23)19(25)10-9-18(24)15-7-5-4-6-8-15/h4-8,13H,9-12,14H2,1-3H3. The Morgan fingerprint density at radius 1 is 1.12 bits per heavy atom. The minimum Gasteiger partial charge on any atom is -0.338 e. The lowest BCUT2D eigenvalue weighted by Gasteiger charge is -2.30. The van der Waals surface area contributed by atoms with E-state index < -0.39 is 0 Å². The van der Waals surface area contributed by atoms with Crippen LogP contribution in [-0.4, -0.2) is 32.9 Å². The molecule has 1 aromatic heterocycles. The lowest BCUT2D eigenvalue weighted by atomic mass is 10.0. The average molecular weight is 339 g/mol. The second-order valence-corrected chi connectivity index (χ2v) is 7.55. The van der Waals surface area contributed by atoms with Crippen molar-refractivity contribution in [3.63, 3.8) is 0 Å². The summed E-state index contributed by atoms with van der Waals surface area (Å²) < 4.78 is 2.06. The van der Waals surface area contributed by atoms with Gasteiger partial charge < -0.3 is 4.90 Å². The highest BCUT2D eigenvalue weighted by atomic mass is 16.2. The minimum absolute atomic E-state index is 0.0206. The quantitative estimate of drug-likeness (QED) is 0.804. The van der Waals surface area contributed by atoms with E-state index in [1.54, 1.807) is 12.1 Å². The molecule has 2 heterocycles. The van der Waals surface area contributed by atoms with Crippen LogP contribution in [0.2, 0.25) is 0 Å². The maximum Gasteiger partial charge on any atom is 0.223 e. The number of hydrogen-bond acceptors (Lipinski definition) is 3. The highest BCUT2D eigenvalue weighted by Gasteiger charge is 2.27. The molecule has 1 aliphatic heterocycles. The molecule has 0 saturated heterocycles. The van der Waals surface area contributed by atoms with Gasteiger partial charge >= 0.3 is 0 Å². The van der Waals surface area contributed by atoms with Gasteiger partial charge in [-0.15, -0.1) is 0 Å². The Hall–Kier alpha value is -2.43. The van der Waals surface area contributed by atoms with Crippen molar-refractivity contribution in [2.75, 3.05) is 6.54 Å². The summed E-state index contributed by atoms with van der Waals surface area (Å²) in [6.45, 7) is 7.67. The Morgan fingerprint density at radius 2 is 1.84 bits per heavy atom. The number of carbonyl (C=O) groups excluding carboxylic acids is 2. The molecule has 0 unspecified atom stereocenters. The first-order valence-electron chi connectivity index (χ1n) is 8.78. The number of hydrogen-bond donors (Lipinski definition) is 0. The zero-order valence-corrected chi connectivity index (χ0v) is 15.2. The van der Waals surface area contributed by atoms with Crippen LogP contribution in [-0.2, 0) is 23.3 Å². The zero-order valence-electron chi connectivity index (χ0n) is 15.2. The predicted molar refractivity (Wildman–Crippen MR) is 96.4 cm³/mol. The molecule has 2 aromatic rings. The molecule has 0 atom stereocenters. The van der Waals surface area contributed by atoms with Gasteiger partial charge in [-0.25, -0.2) is 0 Å². The van der Waals surface area contributed by atoms with Gasteiger partial charge in [-0.3, -0.25) is 14.3 Å². The van der Waals surface area contributed by atoms with E-state index >= 15 is 0 Å².